The Morgan fingerprint density at radius 1 is 1.04 bits per heavy atom. The predicted molar refractivity (Wildman–Crippen MR) is 111 cm³/mol. The molecule has 0 spiro atoms. The van der Waals surface area contributed by atoms with Crippen LogP contribution in [0.25, 0.3) is 0 Å². The third-order valence-corrected chi connectivity index (χ3v) is 6.51. The lowest BCUT2D eigenvalue weighted by molar-refractivity contribution is 0.102. The molecule has 0 radical (unpaired) electrons. The molecule has 2 aromatic carbocycles. The van der Waals surface area contributed by atoms with E-state index >= 15 is 0 Å². The molecule has 0 bridgehead atoms. The van der Waals surface area contributed by atoms with Gasteiger partial charge in [0, 0.05) is 38.8 Å². The normalized spacial score (nSPS) is 11.6. The second kappa shape index (κ2) is 7.88. The van der Waals surface area contributed by atoms with E-state index in [9.17, 15) is 13.2 Å². The Hall–Kier alpha value is -2.09. The van der Waals surface area contributed by atoms with E-state index in [-0.39, 0.29) is 10.5 Å². The van der Waals surface area contributed by atoms with Crippen LogP contribution in [-0.4, -0.2) is 46.8 Å². The van der Waals surface area contributed by atoms with E-state index in [1.165, 1.54) is 20.2 Å². The second-order valence-electron chi connectivity index (χ2n) is 6.71. The highest BCUT2D eigenvalue weighted by molar-refractivity contribution is 7.89. The molecule has 8 heteroatoms. The van der Waals surface area contributed by atoms with Crippen molar-refractivity contribution in [1.29, 1.82) is 0 Å². The zero-order valence-electron chi connectivity index (χ0n) is 16.3. The van der Waals surface area contributed by atoms with Gasteiger partial charge in [-0.2, -0.15) is 0 Å². The van der Waals surface area contributed by atoms with E-state index < -0.39 is 15.9 Å². The number of nitrogens with zero attached hydrogens (tertiary/aromatic N) is 2. The Bertz CT molecular complexity index is 986. The molecule has 0 aliphatic carbocycles. The summed E-state index contributed by atoms with van der Waals surface area (Å²) in [6, 6.07) is 8.30. The van der Waals surface area contributed by atoms with Crippen LogP contribution < -0.4 is 10.2 Å². The zero-order chi connectivity index (χ0) is 20.5. The molecule has 6 nitrogen and oxygen atoms in total. The maximum Gasteiger partial charge on any atom is 0.255 e. The van der Waals surface area contributed by atoms with Crippen molar-refractivity contribution in [2.24, 2.45) is 0 Å². The van der Waals surface area contributed by atoms with Crippen LogP contribution in [0, 0.1) is 13.8 Å². The lowest BCUT2D eigenvalue weighted by atomic mass is 10.1. The molecule has 0 aliphatic heterocycles. The molecule has 27 heavy (non-hydrogen) atoms. The van der Waals surface area contributed by atoms with E-state index in [1.807, 2.05) is 19.0 Å². The summed E-state index contributed by atoms with van der Waals surface area (Å²) in [5.41, 5.74) is 2.95. The fourth-order valence-corrected chi connectivity index (χ4v) is 4.00. The van der Waals surface area contributed by atoms with Crippen molar-refractivity contribution in [3.63, 3.8) is 0 Å². The van der Waals surface area contributed by atoms with Gasteiger partial charge in [0.15, 0.2) is 0 Å². The number of aryl methyl sites for hydroxylation is 1. The van der Waals surface area contributed by atoms with Crippen LogP contribution >= 0.6 is 11.6 Å². The lowest BCUT2D eigenvalue weighted by Gasteiger charge is -2.19. The van der Waals surface area contributed by atoms with Crippen molar-refractivity contribution < 1.29 is 13.2 Å². The standard InChI is InChI=1S/C19H24ClN3O3S/c1-12-9-14(10-18(13(12)2)27(25,26)23(5)6)19(24)21-16-11-15(20)7-8-17(16)22(3)4/h7-11H,1-6H3,(H,21,24). The SMILES string of the molecule is Cc1cc(C(=O)Nc2cc(Cl)ccc2N(C)C)cc(S(=O)(=O)N(C)C)c1C. The van der Waals surface area contributed by atoms with Gasteiger partial charge in [-0.05, 0) is 55.3 Å². The van der Waals surface area contributed by atoms with E-state index in [0.29, 0.717) is 16.3 Å². The van der Waals surface area contributed by atoms with Gasteiger partial charge in [0.05, 0.1) is 16.3 Å². The number of rotatable bonds is 5. The highest BCUT2D eigenvalue weighted by atomic mass is 35.5. The van der Waals surface area contributed by atoms with E-state index in [1.54, 1.807) is 38.1 Å². The fraction of sp³-hybridized carbons (Fsp3) is 0.316. The number of halogens is 1. The van der Waals surface area contributed by atoms with Crippen molar-refractivity contribution in [1.82, 2.24) is 4.31 Å². The summed E-state index contributed by atoms with van der Waals surface area (Å²) >= 11 is 6.06. The van der Waals surface area contributed by atoms with Crippen LogP contribution in [-0.2, 0) is 10.0 Å². The van der Waals surface area contributed by atoms with Crippen LogP contribution in [0.5, 0.6) is 0 Å². The second-order valence-corrected chi connectivity index (χ2v) is 9.27. The van der Waals surface area contributed by atoms with Crippen LogP contribution in [0.1, 0.15) is 21.5 Å². The molecule has 146 valence electrons. The summed E-state index contributed by atoms with van der Waals surface area (Å²) in [5, 5.41) is 3.32. The van der Waals surface area contributed by atoms with Crippen LogP contribution in [0.4, 0.5) is 11.4 Å². The van der Waals surface area contributed by atoms with Crippen LogP contribution in [0.15, 0.2) is 35.2 Å². The number of hydrogen-bond donors (Lipinski definition) is 1. The van der Waals surface area contributed by atoms with Gasteiger partial charge >= 0.3 is 0 Å². The molecule has 0 aromatic heterocycles. The first-order valence-electron chi connectivity index (χ1n) is 8.27. The largest absolute Gasteiger partial charge is 0.376 e. The molecule has 0 aliphatic rings. The molecular formula is C19H24ClN3O3S. The first-order valence-corrected chi connectivity index (χ1v) is 10.1. The van der Waals surface area contributed by atoms with Gasteiger partial charge in [-0.25, -0.2) is 12.7 Å². The van der Waals surface area contributed by atoms with Gasteiger partial charge in [-0.15, -0.1) is 0 Å². The number of anilines is 2. The fourth-order valence-electron chi connectivity index (χ4n) is 2.62. The molecule has 2 rings (SSSR count). The van der Waals surface area contributed by atoms with Gasteiger partial charge in [-0.3, -0.25) is 4.79 Å². The maximum atomic E-state index is 12.8. The van der Waals surface area contributed by atoms with Crippen molar-refractivity contribution in [2.75, 3.05) is 38.4 Å². The minimum absolute atomic E-state index is 0.122. The number of amides is 1. The third-order valence-electron chi connectivity index (χ3n) is 4.33. The van der Waals surface area contributed by atoms with Crippen LogP contribution in [0.2, 0.25) is 5.02 Å². The Labute approximate surface area is 165 Å². The number of hydrogen-bond acceptors (Lipinski definition) is 4. The Morgan fingerprint density at radius 3 is 2.22 bits per heavy atom. The summed E-state index contributed by atoms with van der Waals surface area (Å²) in [5.74, 6) is -0.404. The summed E-state index contributed by atoms with van der Waals surface area (Å²) in [4.78, 5) is 14.8. The van der Waals surface area contributed by atoms with Gasteiger partial charge in [0.2, 0.25) is 10.0 Å². The zero-order valence-corrected chi connectivity index (χ0v) is 17.9. The van der Waals surface area contributed by atoms with Crippen LogP contribution in [0.3, 0.4) is 0 Å². The van der Waals surface area contributed by atoms with Crippen molar-refractivity contribution in [2.45, 2.75) is 18.7 Å². The van der Waals surface area contributed by atoms with E-state index in [4.69, 9.17) is 11.6 Å². The molecule has 0 heterocycles. The number of sulfonamides is 1. The van der Waals surface area contributed by atoms with Crippen molar-refractivity contribution >= 4 is 38.9 Å². The number of nitrogens with one attached hydrogen (secondary N) is 1. The van der Waals surface area contributed by atoms with Gasteiger partial charge in [0.25, 0.3) is 5.91 Å². The molecular weight excluding hydrogens is 386 g/mol. The molecule has 1 N–H and O–H groups in total. The summed E-state index contributed by atoms with van der Waals surface area (Å²) < 4.78 is 26.3. The minimum Gasteiger partial charge on any atom is -0.376 e. The van der Waals surface area contributed by atoms with Gasteiger partial charge < -0.3 is 10.2 Å². The first-order chi connectivity index (χ1) is 12.4. The van der Waals surface area contributed by atoms with Gasteiger partial charge in [-0.1, -0.05) is 11.6 Å². The van der Waals surface area contributed by atoms with E-state index in [2.05, 4.69) is 5.32 Å². The molecule has 0 saturated carbocycles. The lowest BCUT2D eigenvalue weighted by Crippen LogP contribution is -2.24. The predicted octanol–water partition coefficient (Wildman–Crippen LogP) is 3.53. The number of carbonyl (C=O) groups is 1. The quantitative estimate of drug-likeness (QED) is 0.820. The molecule has 0 atom stereocenters. The van der Waals surface area contributed by atoms with Crippen molar-refractivity contribution in [3.05, 3.63) is 52.0 Å². The Balaban J connectivity index is 2.50. The topological polar surface area (TPSA) is 69.7 Å². The summed E-state index contributed by atoms with van der Waals surface area (Å²) in [7, 11) is 2.98. The smallest absolute Gasteiger partial charge is 0.255 e. The molecule has 0 saturated heterocycles. The summed E-state index contributed by atoms with van der Waals surface area (Å²) in [6.07, 6.45) is 0. The molecule has 0 fully saturated rings. The van der Waals surface area contributed by atoms with Crippen molar-refractivity contribution in [3.8, 4) is 0 Å². The monoisotopic (exact) mass is 409 g/mol. The van der Waals surface area contributed by atoms with E-state index in [0.717, 1.165) is 15.6 Å². The van der Waals surface area contributed by atoms with Gasteiger partial charge in [0.1, 0.15) is 0 Å². The average molecular weight is 410 g/mol. The molecule has 1 amide bonds. The number of carbonyl (C=O) groups excluding carboxylic acids is 1. The molecule has 2 aromatic rings. The minimum atomic E-state index is -3.66. The summed E-state index contributed by atoms with van der Waals surface area (Å²) in [6.45, 7) is 3.51. The highest BCUT2D eigenvalue weighted by Crippen LogP contribution is 2.29. The maximum absolute atomic E-state index is 12.8. The average Bonchev–Trinajstić information content (AvgIpc) is 2.56. The molecule has 0 unspecified atom stereocenters. The highest BCUT2D eigenvalue weighted by Gasteiger charge is 2.23. The Kier molecular flexibility index (Phi) is 6.19. The first kappa shape index (κ1) is 21.2. The number of benzene rings is 2. The third kappa shape index (κ3) is 4.43. The Morgan fingerprint density at radius 2 is 1.67 bits per heavy atom.